The van der Waals surface area contributed by atoms with Crippen molar-refractivity contribution >= 4 is 28.8 Å². The second-order valence-electron chi connectivity index (χ2n) is 5.68. The number of pyridine rings is 1. The van der Waals surface area contributed by atoms with Crippen LogP contribution < -0.4 is 10.6 Å². The van der Waals surface area contributed by atoms with E-state index in [1.165, 1.54) is 25.3 Å². The van der Waals surface area contributed by atoms with E-state index in [9.17, 15) is 14.0 Å². The third-order valence-corrected chi connectivity index (χ3v) is 3.68. The van der Waals surface area contributed by atoms with E-state index in [1.807, 2.05) is 0 Å². The fourth-order valence-corrected chi connectivity index (χ4v) is 2.32. The molecule has 0 spiro atoms. The third kappa shape index (κ3) is 4.30. The van der Waals surface area contributed by atoms with Crippen LogP contribution in [0.5, 0.6) is 0 Å². The molecule has 130 valence electrons. The van der Waals surface area contributed by atoms with Crippen LogP contribution in [0.3, 0.4) is 0 Å². The van der Waals surface area contributed by atoms with Crippen molar-refractivity contribution < 1.29 is 14.0 Å². The summed E-state index contributed by atoms with van der Waals surface area (Å²) in [5.41, 5.74) is 2.82. The van der Waals surface area contributed by atoms with Gasteiger partial charge < -0.3 is 10.6 Å². The summed E-state index contributed by atoms with van der Waals surface area (Å²) in [6.45, 7) is 1.48. The SMILES string of the molecule is CC(=O)c1ccc(NC(=O)c2cncc(Nc3ccc(F)cc3)c2)cc1. The number of nitrogens with zero attached hydrogens (tertiary/aromatic N) is 1. The molecule has 1 heterocycles. The molecule has 0 atom stereocenters. The van der Waals surface area contributed by atoms with Gasteiger partial charge in [-0.3, -0.25) is 14.6 Å². The van der Waals surface area contributed by atoms with E-state index >= 15 is 0 Å². The first kappa shape index (κ1) is 17.3. The van der Waals surface area contributed by atoms with Crippen molar-refractivity contribution in [2.24, 2.45) is 0 Å². The average molecular weight is 349 g/mol. The van der Waals surface area contributed by atoms with Crippen molar-refractivity contribution in [2.45, 2.75) is 6.92 Å². The topological polar surface area (TPSA) is 71.1 Å². The lowest BCUT2D eigenvalue weighted by Crippen LogP contribution is -2.12. The minimum atomic E-state index is -0.323. The summed E-state index contributed by atoms with van der Waals surface area (Å²) in [4.78, 5) is 27.7. The fraction of sp³-hybridized carbons (Fsp3) is 0.0500. The van der Waals surface area contributed by atoms with Gasteiger partial charge in [-0.25, -0.2) is 4.39 Å². The second kappa shape index (κ2) is 7.57. The number of rotatable bonds is 5. The van der Waals surface area contributed by atoms with E-state index < -0.39 is 0 Å². The molecular weight excluding hydrogens is 333 g/mol. The lowest BCUT2D eigenvalue weighted by atomic mass is 10.1. The van der Waals surface area contributed by atoms with Crippen molar-refractivity contribution in [1.82, 2.24) is 4.98 Å². The number of halogens is 1. The minimum Gasteiger partial charge on any atom is -0.354 e. The zero-order valence-electron chi connectivity index (χ0n) is 14.0. The Morgan fingerprint density at radius 2 is 1.50 bits per heavy atom. The summed E-state index contributed by atoms with van der Waals surface area (Å²) in [6.07, 6.45) is 3.02. The molecule has 0 unspecified atom stereocenters. The molecule has 3 rings (SSSR count). The molecule has 0 fully saturated rings. The summed E-state index contributed by atoms with van der Waals surface area (Å²) in [5.74, 6) is -0.680. The molecule has 0 aliphatic carbocycles. The number of Topliss-reactive ketones (excluding diaryl/α,β-unsaturated/α-hetero) is 1. The fourth-order valence-electron chi connectivity index (χ4n) is 2.32. The molecule has 0 aliphatic heterocycles. The first-order valence-corrected chi connectivity index (χ1v) is 7.91. The standard InChI is InChI=1S/C20H16FN3O2/c1-13(25)14-2-6-18(7-3-14)24-20(26)15-10-19(12-22-11-15)23-17-8-4-16(21)5-9-17/h2-12,23H,1H3,(H,24,26). The number of benzene rings is 2. The highest BCUT2D eigenvalue weighted by molar-refractivity contribution is 6.05. The van der Waals surface area contributed by atoms with Crippen molar-refractivity contribution in [2.75, 3.05) is 10.6 Å². The lowest BCUT2D eigenvalue weighted by molar-refractivity contribution is 0.101. The molecule has 26 heavy (non-hydrogen) atoms. The molecule has 1 aromatic heterocycles. The summed E-state index contributed by atoms with van der Waals surface area (Å²) in [6, 6.07) is 14.2. The first-order chi connectivity index (χ1) is 12.5. The van der Waals surface area contributed by atoms with Gasteiger partial charge in [0.1, 0.15) is 5.82 Å². The Bertz CT molecular complexity index is 938. The van der Waals surface area contributed by atoms with E-state index in [-0.39, 0.29) is 17.5 Å². The van der Waals surface area contributed by atoms with Crippen LogP contribution >= 0.6 is 0 Å². The summed E-state index contributed by atoms with van der Waals surface area (Å²) >= 11 is 0. The highest BCUT2D eigenvalue weighted by Crippen LogP contribution is 2.18. The molecule has 5 nitrogen and oxygen atoms in total. The monoisotopic (exact) mass is 349 g/mol. The summed E-state index contributed by atoms with van der Waals surface area (Å²) in [7, 11) is 0. The largest absolute Gasteiger partial charge is 0.354 e. The van der Waals surface area contributed by atoms with Crippen LogP contribution in [-0.2, 0) is 0 Å². The molecule has 1 amide bonds. The molecule has 0 bridgehead atoms. The van der Waals surface area contributed by atoms with Gasteiger partial charge in [0.2, 0.25) is 0 Å². The summed E-state index contributed by atoms with van der Waals surface area (Å²) < 4.78 is 13.0. The Morgan fingerprint density at radius 1 is 0.846 bits per heavy atom. The highest BCUT2D eigenvalue weighted by atomic mass is 19.1. The Kier molecular flexibility index (Phi) is 5.03. The van der Waals surface area contributed by atoms with E-state index in [1.54, 1.807) is 48.7 Å². The van der Waals surface area contributed by atoms with Gasteiger partial charge in [0, 0.05) is 23.1 Å². The average Bonchev–Trinajstić information content (AvgIpc) is 2.64. The van der Waals surface area contributed by atoms with Gasteiger partial charge in [-0.1, -0.05) is 0 Å². The molecule has 0 saturated heterocycles. The molecule has 0 aliphatic rings. The number of carbonyl (C=O) groups is 2. The number of ketones is 1. The Balaban J connectivity index is 1.71. The van der Waals surface area contributed by atoms with Crippen molar-refractivity contribution in [3.05, 3.63) is 83.9 Å². The molecular formula is C20H16FN3O2. The van der Waals surface area contributed by atoms with Crippen molar-refractivity contribution in [1.29, 1.82) is 0 Å². The van der Waals surface area contributed by atoms with Gasteiger partial charge in [0.05, 0.1) is 17.4 Å². The Hall–Kier alpha value is -3.54. The molecule has 0 radical (unpaired) electrons. The van der Waals surface area contributed by atoms with Crippen molar-refractivity contribution in [3.63, 3.8) is 0 Å². The number of aromatic nitrogens is 1. The predicted octanol–water partition coefficient (Wildman–Crippen LogP) is 4.42. The maximum atomic E-state index is 13.0. The number of nitrogens with one attached hydrogen (secondary N) is 2. The van der Waals surface area contributed by atoms with Crippen LogP contribution in [0.15, 0.2) is 67.0 Å². The van der Waals surface area contributed by atoms with Gasteiger partial charge in [0.15, 0.2) is 5.78 Å². The zero-order chi connectivity index (χ0) is 18.5. The van der Waals surface area contributed by atoms with Gasteiger partial charge in [-0.15, -0.1) is 0 Å². The normalized spacial score (nSPS) is 10.2. The Morgan fingerprint density at radius 3 is 2.15 bits per heavy atom. The molecule has 6 heteroatoms. The highest BCUT2D eigenvalue weighted by Gasteiger charge is 2.08. The van der Waals surface area contributed by atoms with E-state index in [0.717, 1.165) is 0 Å². The number of hydrogen-bond acceptors (Lipinski definition) is 4. The third-order valence-electron chi connectivity index (χ3n) is 3.68. The van der Waals surface area contributed by atoms with Gasteiger partial charge in [0.25, 0.3) is 5.91 Å². The number of carbonyl (C=O) groups excluding carboxylic acids is 2. The number of amides is 1. The predicted molar refractivity (Wildman–Crippen MR) is 98.3 cm³/mol. The maximum Gasteiger partial charge on any atom is 0.257 e. The molecule has 0 saturated carbocycles. The minimum absolute atomic E-state index is 0.0355. The zero-order valence-corrected chi connectivity index (χ0v) is 14.0. The van der Waals surface area contributed by atoms with Crippen LogP contribution in [0.4, 0.5) is 21.5 Å². The molecule has 2 N–H and O–H groups in total. The Labute approximate surface area is 149 Å². The molecule has 2 aromatic carbocycles. The van der Waals surface area contributed by atoms with Gasteiger partial charge >= 0.3 is 0 Å². The maximum absolute atomic E-state index is 13.0. The van der Waals surface area contributed by atoms with E-state index in [2.05, 4.69) is 15.6 Å². The van der Waals surface area contributed by atoms with Crippen LogP contribution in [-0.4, -0.2) is 16.7 Å². The molecule has 3 aromatic rings. The van der Waals surface area contributed by atoms with Crippen LogP contribution in [0, 0.1) is 5.82 Å². The van der Waals surface area contributed by atoms with E-state index in [4.69, 9.17) is 0 Å². The number of anilines is 3. The van der Waals surface area contributed by atoms with Gasteiger partial charge in [-0.2, -0.15) is 0 Å². The van der Waals surface area contributed by atoms with Gasteiger partial charge in [-0.05, 0) is 61.5 Å². The first-order valence-electron chi connectivity index (χ1n) is 7.91. The van der Waals surface area contributed by atoms with Crippen LogP contribution in [0.1, 0.15) is 27.6 Å². The lowest BCUT2D eigenvalue weighted by Gasteiger charge is -2.09. The van der Waals surface area contributed by atoms with E-state index in [0.29, 0.717) is 28.2 Å². The van der Waals surface area contributed by atoms with Crippen molar-refractivity contribution in [3.8, 4) is 0 Å². The summed E-state index contributed by atoms with van der Waals surface area (Å²) in [5, 5.41) is 5.82. The number of hydrogen-bond donors (Lipinski definition) is 2. The quantitative estimate of drug-likeness (QED) is 0.669. The van der Waals surface area contributed by atoms with Crippen LogP contribution in [0.25, 0.3) is 0 Å². The van der Waals surface area contributed by atoms with Crippen LogP contribution in [0.2, 0.25) is 0 Å². The second-order valence-corrected chi connectivity index (χ2v) is 5.68. The smallest absolute Gasteiger partial charge is 0.257 e.